The van der Waals surface area contributed by atoms with Crippen molar-refractivity contribution in [1.29, 1.82) is 0 Å². The van der Waals surface area contributed by atoms with Crippen LogP contribution < -0.4 is 9.64 Å². The summed E-state index contributed by atoms with van der Waals surface area (Å²) in [6.45, 7) is 8.44. The number of aryl methyl sites for hydroxylation is 1. The number of allylic oxidation sites excluding steroid dienone is 2. The van der Waals surface area contributed by atoms with Crippen molar-refractivity contribution in [3.63, 3.8) is 0 Å². The lowest BCUT2D eigenvalue weighted by atomic mass is 9.98. The molecule has 0 spiro atoms. The molecule has 5 rings (SSSR count). The van der Waals surface area contributed by atoms with E-state index in [0.29, 0.717) is 12.3 Å². The molecule has 1 amide bonds. The Balaban J connectivity index is 1.05. The van der Waals surface area contributed by atoms with Gasteiger partial charge in [-0.3, -0.25) is 4.79 Å². The third-order valence-corrected chi connectivity index (χ3v) is 8.03. The highest BCUT2D eigenvalue weighted by Crippen LogP contribution is 2.26. The highest BCUT2D eigenvalue weighted by molar-refractivity contribution is 5.77. The Morgan fingerprint density at radius 2 is 1.64 bits per heavy atom. The molecule has 6 nitrogen and oxygen atoms in total. The zero-order valence-electron chi connectivity index (χ0n) is 23.3. The van der Waals surface area contributed by atoms with E-state index in [9.17, 15) is 4.79 Å². The molecular weight excluding hydrogens is 484 g/mol. The van der Waals surface area contributed by atoms with E-state index in [-0.39, 0.29) is 5.91 Å². The maximum absolute atomic E-state index is 12.8. The molecule has 2 aliphatic rings. The monoisotopic (exact) mass is 524 g/mol. The van der Waals surface area contributed by atoms with E-state index in [1.807, 2.05) is 29.4 Å². The molecule has 0 aliphatic carbocycles. The van der Waals surface area contributed by atoms with Crippen molar-refractivity contribution in [3.8, 4) is 5.75 Å². The first-order valence-electron chi connectivity index (χ1n) is 14.5. The van der Waals surface area contributed by atoms with Crippen molar-refractivity contribution in [2.24, 2.45) is 5.92 Å². The summed E-state index contributed by atoms with van der Waals surface area (Å²) in [5.41, 5.74) is 6.20. The van der Waals surface area contributed by atoms with Crippen LogP contribution in [0.4, 0.5) is 5.95 Å². The lowest BCUT2D eigenvalue weighted by molar-refractivity contribution is -0.131. The zero-order valence-corrected chi connectivity index (χ0v) is 23.3. The van der Waals surface area contributed by atoms with Crippen molar-refractivity contribution >= 4 is 17.4 Å². The lowest BCUT2D eigenvalue weighted by Crippen LogP contribution is -2.36. The van der Waals surface area contributed by atoms with Gasteiger partial charge in [0, 0.05) is 45.0 Å². The molecule has 1 saturated heterocycles. The maximum atomic E-state index is 12.8. The van der Waals surface area contributed by atoms with E-state index in [4.69, 9.17) is 4.74 Å². The third kappa shape index (κ3) is 6.86. The quantitative estimate of drug-likeness (QED) is 0.305. The predicted molar refractivity (Wildman–Crippen MR) is 156 cm³/mol. The van der Waals surface area contributed by atoms with Gasteiger partial charge in [0.1, 0.15) is 5.75 Å². The van der Waals surface area contributed by atoms with Gasteiger partial charge in [0.15, 0.2) is 0 Å². The van der Waals surface area contributed by atoms with E-state index in [0.717, 1.165) is 76.6 Å². The minimum absolute atomic E-state index is 0.231. The third-order valence-electron chi connectivity index (χ3n) is 8.03. The molecule has 0 radical (unpaired) electrons. The minimum atomic E-state index is 0.231. The second kappa shape index (κ2) is 12.9. The van der Waals surface area contributed by atoms with Gasteiger partial charge in [-0.05, 0) is 78.0 Å². The number of anilines is 1. The van der Waals surface area contributed by atoms with E-state index in [2.05, 4.69) is 71.2 Å². The largest absolute Gasteiger partial charge is 0.493 e. The zero-order chi connectivity index (χ0) is 27.0. The van der Waals surface area contributed by atoms with Crippen LogP contribution in [0, 0.1) is 5.92 Å². The number of amides is 1. The summed E-state index contributed by atoms with van der Waals surface area (Å²) in [7, 11) is 0. The number of nitrogens with zero attached hydrogens (tertiary/aromatic N) is 4. The van der Waals surface area contributed by atoms with E-state index >= 15 is 0 Å². The molecular formula is C33H40N4O2. The molecule has 0 N–H and O–H groups in total. The normalized spacial score (nSPS) is 15.9. The number of ether oxygens (including phenoxy) is 1. The summed E-state index contributed by atoms with van der Waals surface area (Å²) in [6.07, 6.45) is 11.5. The van der Waals surface area contributed by atoms with Crippen LogP contribution in [0.5, 0.6) is 5.75 Å². The topological polar surface area (TPSA) is 58.6 Å². The molecule has 39 heavy (non-hydrogen) atoms. The molecule has 0 bridgehead atoms. The predicted octanol–water partition coefficient (Wildman–Crippen LogP) is 6.45. The first kappa shape index (κ1) is 26.9. The fourth-order valence-corrected chi connectivity index (χ4v) is 5.48. The fraction of sp³-hybridized carbons (Fsp3) is 0.424. The Hall–Kier alpha value is -3.67. The van der Waals surface area contributed by atoms with E-state index in [1.54, 1.807) is 0 Å². The van der Waals surface area contributed by atoms with Gasteiger partial charge in [-0.1, -0.05) is 56.3 Å². The summed E-state index contributed by atoms with van der Waals surface area (Å²) < 4.78 is 6.16. The van der Waals surface area contributed by atoms with Crippen LogP contribution >= 0.6 is 0 Å². The second-order valence-electron chi connectivity index (χ2n) is 10.7. The first-order chi connectivity index (χ1) is 19.1. The van der Waals surface area contributed by atoms with Crippen molar-refractivity contribution < 1.29 is 9.53 Å². The molecule has 1 aromatic heterocycles. The maximum Gasteiger partial charge on any atom is 0.225 e. The number of carbonyl (C=O) groups excluding carboxylic acids is 1. The molecule has 204 valence electrons. The van der Waals surface area contributed by atoms with Gasteiger partial charge in [0.25, 0.3) is 0 Å². The summed E-state index contributed by atoms with van der Waals surface area (Å²) in [6, 6.07) is 16.8. The number of aromatic nitrogens is 2. The lowest BCUT2D eigenvalue weighted by Gasteiger charge is -2.31. The minimum Gasteiger partial charge on any atom is -0.493 e. The number of benzene rings is 2. The van der Waals surface area contributed by atoms with Gasteiger partial charge in [-0.2, -0.15) is 0 Å². The molecule has 0 atom stereocenters. The number of piperidine rings is 1. The van der Waals surface area contributed by atoms with Gasteiger partial charge in [-0.25, -0.2) is 9.97 Å². The fourth-order valence-electron chi connectivity index (χ4n) is 5.48. The summed E-state index contributed by atoms with van der Waals surface area (Å²) in [5, 5.41) is 0. The molecule has 2 aromatic carbocycles. The second-order valence-corrected chi connectivity index (χ2v) is 10.7. The molecule has 1 fully saturated rings. The number of fused-ring (bicyclic) bond motifs is 1. The Morgan fingerprint density at radius 1 is 0.974 bits per heavy atom. The highest BCUT2D eigenvalue weighted by Gasteiger charge is 2.23. The van der Waals surface area contributed by atoms with Crippen LogP contribution in [0.25, 0.3) is 5.57 Å². The molecule has 2 aliphatic heterocycles. The molecule has 6 heteroatoms. The van der Waals surface area contributed by atoms with Crippen LogP contribution in [0.1, 0.15) is 68.2 Å². The summed E-state index contributed by atoms with van der Waals surface area (Å²) in [4.78, 5) is 26.1. The Bertz CT molecular complexity index is 1240. The van der Waals surface area contributed by atoms with E-state index in [1.165, 1.54) is 27.8 Å². The van der Waals surface area contributed by atoms with E-state index < -0.39 is 0 Å². The standard InChI is InChI=1S/C33H40N4O2/c1-3-25-20-34-33(35-21-25)36-18-16-26(17-19-36)24-39-31-14-12-28(13-15-31)27(4-2)10-7-11-32(38)37-22-29-8-5-6-9-30(29)23-37/h5-6,8-10,12-15,20-21,26H,3-4,7,11,16-19,22-24H2,1-2H3/b27-10+. The Labute approximate surface area is 232 Å². The smallest absolute Gasteiger partial charge is 0.225 e. The average molecular weight is 525 g/mol. The van der Waals surface area contributed by atoms with Crippen molar-refractivity contribution in [1.82, 2.24) is 14.9 Å². The van der Waals surface area contributed by atoms with Gasteiger partial charge in [0.05, 0.1) is 6.61 Å². The molecule has 0 unspecified atom stereocenters. The van der Waals surface area contributed by atoms with Crippen molar-refractivity contribution in [2.75, 3.05) is 24.6 Å². The average Bonchev–Trinajstić information content (AvgIpc) is 3.44. The SMILES string of the molecule is CC/C(=C\CCC(=O)N1Cc2ccccc2C1)c1ccc(OCC2CCN(c3ncc(CC)cn3)CC2)cc1. The van der Waals surface area contributed by atoms with Gasteiger partial charge >= 0.3 is 0 Å². The van der Waals surface area contributed by atoms with Crippen LogP contribution in [0.15, 0.2) is 67.0 Å². The molecule has 3 aromatic rings. The Kier molecular flexibility index (Phi) is 8.92. The van der Waals surface area contributed by atoms with Crippen LogP contribution in [0.2, 0.25) is 0 Å². The number of carbonyl (C=O) groups is 1. The van der Waals surface area contributed by atoms with Gasteiger partial charge < -0.3 is 14.5 Å². The first-order valence-corrected chi connectivity index (χ1v) is 14.5. The molecule has 0 saturated carbocycles. The van der Waals surface area contributed by atoms with Crippen molar-refractivity contribution in [3.05, 3.63) is 89.3 Å². The van der Waals surface area contributed by atoms with Gasteiger partial charge in [0.2, 0.25) is 11.9 Å². The number of rotatable bonds is 10. The number of hydrogen-bond acceptors (Lipinski definition) is 5. The van der Waals surface area contributed by atoms with Crippen LogP contribution in [0.3, 0.4) is 0 Å². The van der Waals surface area contributed by atoms with Crippen LogP contribution in [-0.4, -0.2) is 40.5 Å². The summed E-state index contributed by atoms with van der Waals surface area (Å²) >= 11 is 0. The van der Waals surface area contributed by atoms with Crippen molar-refractivity contribution in [2.45, 2.75) is 65.5 Å². The number of hydrogen-bond donors (Lipinski definition) is 0. The van der Waals surface area contributed by atoms with Gasteiger partial charge in [-0.15, -0.1) is 0 Å². The Morgan fingerprint density at radius 3 is 2.26 bits per heavy atom. The molecule has 3 heterocycles. The highest BCUT2D eigenvalue weighted by atomic mass is 16.5. The van der Waals surface area contributed by atoms with Crippen LogP contribution in [-0.2, 0) is 24.3 Å². The summed E-state index contributed by atoms with van der Waals surface area (Å²) in [5.74, 6) is 2.53.